The molecule has 42 unspecified atom stereocenters. The summed E-state index contributed by atoms with van der Waals surface area (Å²) in [5, 5.41) is 243. The van der Waals surface area contributed by atoms with Crippen molar-refractivity contribution in [3.63, 3.8) is 0 Å². The molecule has 7 aliphatic heterocycles. The van der Waals surface area contributed by atoms with Crippen LogP contribution in [0.3, 0.4) is 0 Å². The second kappa shape index (κ2) is 31.7. The van der Waals surface area contributed by atoms with E-state index < -0.39 is 305 Å². The fraction of sp³-hybridized carbons (Fsp3) is 0.943. The van der Waals surface area contributed by atoms with Gasteiger partial charge in [0.1, 0.15) is 134 Å². The van der Waals surface area contributed by atoms with E-state index in [1.165, 1.54) is 6.92 Å². The number of rotatable bonds is 20. The van der Waals surface area contributed by atoms with E-state index in [4.69, 9.17) is 66.3 Å². The van der Waals surface area contributed by atoms with Crippen molar-refractivity contribution < 1.29 is 188 Å². The van der Waals surface area contributed by atoms with Crippen LogP contribution >= 0.6 is 0 Å². The van der Waals surface area contributed by atoms with Crippen molar-refractivity contribution in [2.45, 2.75) is 315 Å². The third kappa shape index (κ3) is 14.4. The molecule has 38 nitrogen and oxygen atoms in total. The van der Waals surface area contributed by atoms with Crippen LogP contribution in [0.2, 0.25) is 0 Å². The summed E-state index contributed by atoms with van der Waals surface area (Å²) in [7, 11) is 0. The van der Waals surface area contributed by atoms with Crippen LogP contribution in [0.5, 0.6) is 0 Å². The van der Waals surface area contributed by atoms with Crippen LogP contribution in [0.25, 0.3) is 0 Å². The molecule has 5 aliphatic carbocycles. The van der Waals surface area contributed by atoms with E-state index in [1.54, 1.807) is 6.92 Å². The Morgan fingerprint density at radius 2 is 1.03 bits per heavy atom. The highest BCUT2D eigenvalue weighted by atomic mass is 16.8. The van der Waals surface area contributed by atoms with Crippen molar-refractivity contribution in [2.75, 3.05) is 46.2 Å². The first-order chi connectivity index (χ1) is 50.7. The van der Waals surface area contributed by atoms with Gasteiger partial charge in [0.15, 0.2) is 49.9 Å². The van der Waals surface area contributed by atoms with Crippen molar-refractivity contribution in [3.05, 3.63) is 11.6 Å². The molecule has 0 aromatic rings. The molecule has 0 amide bonds. The van der Waals surface area contributed by atoms with Gasteiger partial charge in [0, 0.05) is 5.41 Å². The number of aliphatic hydroxyl groups excluding tert-OH is 20. The zero-order valence-electron chi connectivity index (χ0n) is 61.0. The number of fused-ring (bicyclic) bond motifs is 7. The van der Waals surface area contributed by atoms with E-state index >= 15 is 4.79 Å². The van der Waals surface area contributed by atoms with Crippen LogP contribution in [0.15, 0.2) is 11.6 Å². The van der Waals surface area contributed by atoms with Gasteiger partial charge in [0.25, 0.3) is 0 Å². The molecule has 7 saturated heterocycles. The van der Waals surface area contributed by atoms with Gasteiger partial charge in [-0.25, -0.2) is 4.79 Å². The lowest BCUT2D eigenvalue weighted by atomic mass is 9.33. The Morgan fingerprint density at radius 3 is 1.61 bits per heavy atom. The van der Waals surface area contributed by atoms with Crippen molar-refractivity contribution in [2.24, 2.45) is 50.2 Å². The van der Waals surface area contributed by atoms with E-state index in [-0.39, 0.29) is 24.2 Å². The third-order valence-electron chi connectivity index (χ3n) is 27.1. The lowest BCUT2D eigenvalue weighted by molar-refractivity contribution is -0.400. The van der Waals surface area contributed by atoms with Crippen LogP contribution < -0.4 is 0 Å². The second-order valence-corrected chi connectivity index (χ2v) is 34.0. The molecule has 108 heavy (non-hydrogen) atoms. The molecular formula is C70H112O38. The number of hydrogen-bond acceptors (Lipinski definition) is 37. The van der Waals surface area contributed by atoms with E-state index in [1.807, 2.05) is 6.92 Å². The minimum atomic E-state index is -2.33. The zero-order valence-corrected chi connectivity index (χ0v) is 61.0. The summed E-state index contributed by atoms with van der Waals surface area (Å²) in [6.45, 7) is 8.28. The summed E-state index contributed by atoms with van der Waals surface area (Å²) in [6.07, 6.45) is -56.2. The van der Waals surface area contributed by atoms with Gasteiger partial charge in [-0.3, -0.25) is 4.79 Å². The second-order valence-electron chi connectivity index (χ2n) is 34.0. The average Bonchev–Trinajstić information content (AvgIpc) is 0.697. The fourth-order valence-corrected chi connectivity index (χ4v) is 20.5. The summed E-state index contributed by atoms with van der Waals surface area (Å²) in [6, 6.07) is 0. The van der Waals surface area contributed by atoms with Gasteiger partial charge in [-0.1, -0.05) is 53.2 Å². The lowest BCUT2D eigenvalue weighted by Crippen LogP contribution is -2.71. The molecule has 4 saturated carbocycles. The van der Waals surface area contributed by atoms with Crippen molar-refractivity contribution in [1.82, 2.24) is 0 Å². The molecule has 620 valence electrons. The number of aliphatic carboxylic acids is 1. The SMILES string of the molecule is CC1OC(OC2C(OC(=O)C34CCC(C)(C)CC3C3=CCC5C6(C)CC(O)C(OC7OC(C(=O)O)C(O)C(OC8OC(CO)C(O)C(O)C8O)C7OC7OC(CO)C(O)C(O)C7O)C(C)(CO)C6CCC5(C)C3(C)CC4)OC(CO)C(O)C2O)C(O)C(O)C1OC1OCC(O)C(OC2OCC(O)(CO)C2O)C1O. The van der Waals surface area contributed by atoms with Crippen LogP contribution in [0, 0.1) is 50.2 Å². The number of carbonyl (C=O) groups is 2. The molecule has 0 aromatic carbocycles. The van der Waals surface area contributed by atoms with Gasteiger partial charge in [0.05, 0.1) is 70.0 Å². The van der Waals surface area contributed by atoms with E-state index in [0.717, 1.165) is 5.57 Å². The highest BCUT2D eigenvalue weighted by Crippen LogP contribution is 2.76. The number of aliphatic hydroxyl groups is 21. The maximum Gasteiger partial charge on any atom is 0.335 e. The zero-order chi connectivity index (χ0) is 78.9. The minimum Gasteiger partial charge on any atom is -0.479 e. The Morgan fingerprint density at radius 1 is 0.491 bits per heavy atom. The largest absolute Gasteiger partial charge is 0.479 e. The Bertz CT molecular complexity index is 3140. The molecule has 0 radical (unpaired) electrons. The van der Waals surface area contributed by atoms with Crippen molar-refractivity contribution in [1.29, 1.82) is 0 Å². The lowest BCUT2D eigenvalue weighted by Gasteiger charge is -2.72. The number of carbonyl (C=O) groups excluding carboxylic acids is 1. The minimum absolute atomic E-state index is 0.0209. The first-order valence-electron chi connectivity index (χ1n) is 37.2. The maximum atomic E-state index is 15.8. The predicted octanol–water partition coefficient (Wildman–Crippen LogP) is -8.22. The maximum absolute atomic E-state index is 15.8. The van der Waals surface area contributed by atoms with Gasteiger partial charge in [-0.15, -0.1) is 0 Å². The molecule has 0 aromatic heterocycles. The first-order valence-corrected chi connectivity index (χ1v) is 37.2. The Labute approximate surface area is 621 Å². The Hall–Kier alpha value is -2.68. The van der Waals surface area contributed by atoms with Gasteiger partial charge in [-0.05, 0) is 104 Å². The molecule has 22 N–H and O–H groups in total. The van der Waals surface area contributed by atoms with E-state index in [2.05, 4.69) is 33.8 Å². The summed E-state index contributed by atoms with van der Waals surface area (Å²) in [5.74, 6) is -3.87. The quantitative estimate of drug-likeness (QED) is 0.0306. The normalized spacial score (nSPS) is 54.5. The number of hydrogen-bond donors (Lipinski definition) is 22. The highest BCUT2D eigenvalue weighted by Gasteiger charge is 2.73. The average molecular weight is 1560 g/mol. The number of esters is 1. The monoisotopic (exact) mass is 1560 g/mol. The fourth-order valence-electron chi connectivity index (χ4n) is 20.5. The van der Waals surface area contributed by atoms with Crippen LogP contribution in [0.4, 0.5) is 0 Å². The summed E-state index contributed by atoms with van der Waals surface area (Å²) in [5.41, 5.74) is -6.40. The Kier molecular flexibility index (Phi) is 24.9. The molecular weight excluding hydrogens is 1450 g/mol. The summed E-state index contributed by atoms with van der Waals surface area (Å²) >= 11 is 0. The van der Waals surface area contributed by atoms with Gasteiger partial charge < -0.3 is 179 Å². The third-order valence-corrected chi connectivity index (χ3v) is 27.1. The number of carboxylic acid groups (broad SMARTS) is 1. The molecule has 11 fully saturated rings. The molecule has 0 spiro atoms. The Balaban J connectivity index is 0.785. The van der Waals surface area contributed by atoms with Crippen molar-refractivity contribution in [3.8, 4) is 0 Å². The van der Waals surface area contributed by atoms with E-state index in [9.17, 15) is 117 Å². The van der Waals surface area contributed by atoms with E-state index in [0.29, 0.717) is 44.9 Å². The van der Waals surface area contributed by atoms with Crippen LogP contribution in [-0.2, 0) is 75.9 Å². The molecule has 38 heteroatoms. The van der Waals surface area contributed by atoms with Gasteiger partial charge in [-0.2, -0.15) is 0 Å². The smallest absolute Gasteiger partial charge is 0.335 e. The van der Waals surface area contributed by atoms with Crippen LogP contribution in [0.1, 0.15) is 106 Å². The summed E-state index contributed by atoms with van der Waals surface area (Å²) < 4.78 is 83.4. The van der Waals surface area contributed by atoms with Gasteiger partial charge >= 0.3 is 11.9 Å². The van der Waals surface area contributed by atoms with Crippen molar-refractivity contribution >= 4 is 11.9 Å². The van der Waals surface area contributed by atoms with Gasteiger partial charge in [0.2, 0.25) is 6.29 Å². The number of allylic oxidation sites excluding steroid dienone is 2. The molecule has 42 atom stereocenters. The summed E-state index contributed by atoms with van der Waals surface area (Å²) in [4.78, 5) is 28.8. The molecule has 12 rings (SSSR count). The molecule has 12 aliphatic rings. The standard InChI is InChI=1S/C70H112O38/c1-25-47(101-56-46(89)48(29(77)21-95-56)102-62-53(90)70(94,23-75)24-96-62)41(84)44(87)57(97-25)105-51-40(83)37(80)32(20-73)100-60(51)108-63(93)69-14-12-64(2,3)16-27(69)26-8-9-34-65(4)17-28(76)54(66(5,22-74)33(65)10-11-68(34,7)67(26,6)13-15-69)107-61-52(106-59-43(86)39(82)36(79)31(19-72)99-59)49(45(88)50(104-61)55(91)92)103-58-42(85)38(81)35(78)30(18-71)98-58/h8,25,27-54,56-62,71-90,94H,9-24H2,1-7H3,(H,91,92). The molecule has 0 bridgehead atoms. The molecule has 7 heterocycles. The van der Waals surface area contributed by atoms with Crippen LogP contribution in [-0.4, -0.2) is 379 Å². The number of ether oxygens (including phenoxy) is 14. The topological polar surface area (TPSA) is 608 Å². The highest BCUT2D eigenvalue weighted by molar-refractivity contribution is 5.79. The number of carboxylic acids is 1. The first kappa shape index (κ1) is 84.7. The predicted molar refractivity (Wildman–Crippen MR) is 351 cm³/mol.